The summed E-state index contributed by atoms with van der Waals surface area (Å²) < 4.78 is 0. The topological polar surface area (TPSA) is 33.6 Å². The van der Waals surface area contributed by atoms with Gasteiger partial charge in [0, 0.05) is 5.25 Å². The molecule has 3 nitrogen and oxygen atoms in total. The van der Waals surface area contributed by atoms with Gasteiger partial charge >= 0.3 is 0 Å². The van der Waals surface area contributed by atoms with Crippen LogP contribution in [0.2, 0.25) is 0 Å². The van der Waals surface area contributed by atoms with Crippen molar-refractivity contribution in [2.75, 3.05) is 13.2 Å². The lowest BCUT2D eigenvalue weighted by Crippen LogP contribution is -2.19. The molecule has 0 amide bonds. The van der Waals surface area contributed by atoms with Gasteiger partial charge in [-0.15, -0.1) is 0 Å². The molecule has 1 aliphatic rings. The molecule has 0 radical (unpaired) electrons. The predicted octanol–water partition coefficient (Wildman–Crippen LogP) is 1.02. The number of hydrogen-bond donors (Lipinski definition) is 1. The Kier molecular flexibility index (Phi) is 3.02. The number of nitrogens with zero attached hydrogens (tertiary/aromatic N) is 1. The van der Waals surface area contributed by atoms with Crippen molar-refractivity contribution in [3.05, 3.63) is 0 Å². The van der Waals surface area contributed by atoms with Gasteiger partial charge in [0.05, 0.1) is 13.2 Å². The summed E-state index contributed by atoms with van der Waals surface area (Å²) in [5.41, 5.74) is 2.77. The maximum Gasteiger partial charge on any atom is 0.181 e. The first kappa shape index (κ1) is 7.88. The van der Waals surface area contributed by atoms with Crippen LogP contribution in [0.3, 0.4) is 0 Å². The maximum absolute atomic E-state index is 4.96. The van der Waals surface area contributed by atoms with Crippen LogP contribution in [0.15, 0.2) is 4.99 Å². The SMILES string of the molecule is CCONC1=NCC(C)S1. The number of rotatable bonds is 2. The first-order valence-corrected chi connectivity index (χ1v) is 4.29. The van der Waals surface area contributed by atoms with Crippen molar-refractivity contribution in [3.63, 3.8) is 0 Å². The van der Waals surface area contributed by atoms with Crippen molar-refractivity contribution in [1.82, 2.24) is 5.48 Å². The fraction of sp³-hybridized carbons (Fsp3) is 0.833. The molecule has 0 saturated carbocycles. The molecule has 10 heavy (non-hydrogen) atoms. The van der Waals surface area contributed by atoms with Gasteiger partial charge in [0.2, 0.25) is 0 Å². The van der Waals surface area contributed by atoms with Gasteiger partial charge in [-0.2, -0.15) is 0 Å². The molecule has 58 valence electrons. The molecule has 0 aromatic heterocycles. The monoisotopic (exact) mass is 160 g/mol. The Bertz CT molecular complexity index is 138. The van der Waals surface area contributed by atoms with E-state index in [-0.39, 0.29) is 0 Å². The molecule has 0 bridgehead atoms. The van der Waals surface area contributed by atoms with Gasteiger partial charge in [-0.1, -0.05) is 18.7 Å². The lowest BCUT2D eigenvalue weighted by molar-refractivity contribution is 0.0992. The largest absolute Gasteiger partial charge is 0.275 e. The highest BCUT2D eigenvalue weighted by Gasteiger charge is 2.13. The highest BCUT2D eigenvalue weighted by atomic mass is 32.2. The van der Waals surface area contributed by atoms with E-state index in [9.17, 15) is 0 Å². The van der Waals surface area contributed by atoms with Crippen molar-refractivity contribution in [3.8, 4) is 0 Å². The van der Waals surface area contributed by atoms with E-state index in [1.165, 1.54) is 0 Å². The van der Waals surface area contributed by atoms with Crippen molar-refractivity contribution in [1.29, 1.82) is 0 Å². The second kappa shape index (κ2) is 3.83. The number of nitrogens with one attached hydrogen (secondary N) is 1. The van der Waals surface area contributed by atoms with E-state index < -0.39 is 0 Å². The Morgan fingerprint density at radius 1 is 1.90 bits per heavy atom. The van der Waals surface area contributed by atoms with Gasteiger partial charge in [-0.05, 0) is 6.92 Å². The molecular formula is C6H12N2OS. The van der Waals surface area contributed by atoms with Crippen LogP contribution < -0.4 is 5.48 Å². The summed E-state index contributed by atoms with van der Waals surface area (Å²) in [4.78, 5) is 9.16. The molecule has 1 unspecified atom stereocenters. The summed E-state index contributed by atoms with van der Waals surface area (Å²) in [7, 11) is 0. The second-order valence-electron chi connectivity index (χ2n) is 2.11. The molecule has 0 aromatic rings. The van der Waals surface area contributed by atoms with Gasteiger partial charge in [0.15, 0.2) is 5.17 Å². The smallest absolute Gasteiger partial charge is 0.181 e. The van der Waals surface area contributed by atoms with Crippen LogP contribution in [0.5, 0.6) is 0 Å². The molecular weight excluding hydrogens is 148 g/mol. The standard InChI is InChI=1S/C6H12N2OS/c1-3-9-8-6-7-4-5(2)10-6/h5H,3-4H2,1-2H3,(H,7,8). The minimum Gasteiger partial charge on any atom is -0.275 e. The number of amidine groups is 1. The molecule has 0 saturated heterocycles. The van der Waals surface area contributed by atoms with Crippen LogP contribution in [0.25, 0.3) is 0 Å². The van der Waals surface area contributed by atoms with Gasteiger partial charge in [0.1, 0.15) is 0 Å². The fourth-order valence-corrected chi connectivity index (χ4v) is 1.45. The zero-order valence-electron chi connectivity index (χ0n) is 6.26. The normalized spacial score (nSPS) is 24.6. The van der Waals surface area contributed by atoms with E-state index >= 15 is 0 Å². The van der Waals surface area contributed by atoms with E-state index in [1.807, 2.05) is 6.92 Å². The minimum atomic E-state index is 0.600. The second-order valence-corrected chi connectivity index (χ2v) is 3.54. The lowest BCUT2D eigenvalue weighted by atomic mass is 10.5. The first-order chi connectivity index (χ1) is 4.83. The molecule has 0 fully saturated rings. The Labute approximate surface area is 65.2 Å². The van der Waals surface area contributed by atoms with E-state index in [2.05, 4.69) is 17.4 Å². The molecule has 1 heterocycles. The summed E-state index contributed by atoms with van der Waals surface area (Å²) >= 11 is 1.72. The number of thioether (sulfide) groups is 1. The van der Waals surface area contributed by atoms with Crippen LogP contribution in [-0.4, -0.2) is 23.6 Å². The summed E-state index contributed by atoms with van der Waals surface area (Å²) in [6, 6.07) is 0. The van der Waals surface area contributed by atoms with Crippen molar-refractivity contribution in [2.24, 2.45) is 4.99 Å². The van der Waals surface area contributed by atoms with Crippen molar-refractivity contribution >= 4 is 16.9 Å². The highest BCUT2D eigenvalue weighted by Crippen LogP contribution is 2.17. The van der Waals surface area contributed by atoms with Crippen LogP contribution in [0.1, 0.15) is 13.8 Å². The van der Waals surface area contributed by atoms with Crippen molar-refractivity contribution < 1.29 is 4.84 Å². The molecule has 4 heteroatoms. The minimum absolute atomic E-state index is 0.600. The molecule has 0 spiro atoms. The third-order valence-electron chi connectivity index (χ3n) is 1.11. The van der Waals surface area contributed by atoms with Crippen molar-refractivity contribution in [2.45, 2.75) is 19.1 Å². The van der Waals surface area contributed by atoms with Gasteiger partial charge in [0.25, 0.3) is 0 Å². The van der Waals surface area contributed by atoms with E-state index in [0.29, 0.717) is 11.9 Å². The van der Waals surface area contributed by atoms with E-state index in [1.54, 1.807) is 11.8 Å². The van der Waals surface area contributed by atoms with Crippen LogP contribution in [0, 0.1) is 0 Å². The van der Waals surface area contributed by atoms with E-state index in [0.717, 1.165) is 11.7 Å². The average Bonchev–Trinajstić information content (AvgIpc) is 2.31. The average molecular weight is 160 g/mol. The Hall–Kier alpha value is -0.220. The third-order valence-corrected chi connectivity index (χ3v) is 2.10. The van der Waals surface area contributed by atoms with Crippen LogP contribution in [0.4, 0.5) is 0 Å². The first-order valence-electron chi connectivity index (χ1n) is 3.42. The molecule has 1 N–H and O–H groups in total. The number of hydroxylamine groups is 1. The number of aliphatic imine (C=N–C) groups is 1. The summed E-state index contributed by atoms with van der Waals surface area (Å²) in [5, 5.41) is 1.51. The quantitative estimate of drug-likeness (QED) is 0.612. The van der Waals surface area contributed by atoms with Crippen LogP contribution >= 0.6 is 11.8 Å². The summed E-state index contributed by atoms with van der Waals surface area (Å²) in [6.07, 6.45) is 0. The zero-order chi connectivity index (χ0) is 7.40. The maximum atomic E-state index is 4.96. The molecule has 1 aliphatic heterocycles. The van der Waals surface area contributed by atoms with Gasteiger partial charge in [-0.3, -0.25) is 9.83 Å². The fourth-order valence-electron chi connectivity index (χ4n) is 0.667. The van der Waals surface area contributed by atoms with E-state index in [4.69, 9.17) is 4.84 Å². The molecule has 1 atom stereocenters. The Morgan fingerprint density at radius 3 is 3.20 bits per heavy atom. The zero-order valence-corrected chi connectivity index (χ0v) is 7.07. The molecule has 1 rings (SSSR count). The number of hydrogen-bond acceptors (Lipinski definition) is 4. The Balaban J connectivity index is 2.17. The van der Waals surface area contributed by atoms with Gasteiger partial charge < -0.3 is 0 Å². The molecule has 0 aromatic carbocycles. The molecule has 0 aliphatic carbocycles. The highest BCUT2D eigenvalue weighted by molar-refractivity contribution is 8.14. The van der Waals surface area contributed by atoms with Crippen LogP contribution in [-0.2, 0) is 4.84 Å². The summed E-state index contributed by atoms with van der Waals surface area (Å²) in [5.74, 6) is 0. The Morgan fingerprint density at radius 2 is 2.70 bits per heavy atom. The summed E-state index contributed by atoms with van der Waals surface area (Å²) in [6.45, 7) is 5.67. The lowest BCUT2D eigenvalue weighted by Gasteiger charge is -2.02. The predicted molar refractivity (Wildman–Crippen MR) is 44.1 cm³/mol. The van der Waals surface area contributed by atoms with Gasteiger partial charge in [-0.25, -0.2) is 5.48 Å². The third kappa shape index (κ3) is 2.19.